The first-order chi connectivity index (χ1) is 8.40. The minimum atomic E-state index is -0.927. The number of thiazole rings is 1. The van der Waals surface area contributed by atoms with E-state index in [4.69, 9.17) is 5.11 Å². The number of nitrogens with zero attached hydrogens (tertiary/aromatic N) is 5. The van der Waals surface area contributed by atoms with Crippen LogP contribution in [0.5, 0.6) is 0 Å². The summed E-state index contributed by atoms with van der Waals surface area (Å²) in [7, 11) is 0. The molecule has 7 nitrogen and oxygen atoms in total. The van der Waals surface area contributed by atoms with Gasteiger partial charge in [-0.2, -0.15) is 0 Å². The first-order valence-electron chi connectivity index (χ1n) is 5.32. The predicted octanol–water partition coefficient (Wildman–Crippen LogP) is 1.22. The zero-order valence-corrected chi connectivity index (χ0v) is 11.1. The molecule has 18 heavy (non-hydrogen) atoms. The first kappa shape index (κ1) is 12.6. The van der Waals surface area contributed by atoms with Crippen molar-refractivity contribution in [2.45, 2.75) is 27.3 Å². The number of carboxylic acid groups (broad SMARTS) is 1. The summed E-state index contributed by atoms with van der Waals surface area (Å²) in [6.45, 7) is 5.38. The van der Waals surface area contributed by atoms with Gasteiger partial charge in [0.15, 0.2) is 5.82 Å². The number of aryl methyl sites for hydroxylation is 1. The molecule has 0 amide bonds. The van der Waals surface area contributed by atoms with Crippen LogP contribution in [0, 0.1) is 12.3 Å². The molecule has 0 atom stereocenters. The standard InChI is InChI=1S/C10H13N5O2S/c1-6-11-4-7(18-6)8-12-13-14-15(8)5-10(2,3)9(16)17/h4H,5H2,1-3H3,(H,16,17). The molecular weight excluding hydrogens is 254 g/mol. The van der Waals surface area contributed by atoms with Gasteiger partial charge in [-0.3, -0.25) is 4.79 Å². The van der Waals surface area contributed by atoms with Gasteiger partial charge in [0.2, 0.25) is 0 Å². The minimum Gasteiger partial charge on any atom is -0.481 e. The molecule has 0 bridgehead atoms. The second-order valence-corrected chi connectivity index (χ2v) is 5.83. The Morgan fingerprint density at radius 1 is 1.56 bits per heavy atom. The molecule has 0 spiro atoms. The topological polar surface area (TPSA) is 93.8 Å². The fourth-order valence-electron chi connectivity index (χ4n) is 1.39. The van der Waals surface area contributed by atoms with Crippen LogP contribution in [0.25, 0.3) is 10.7 Å². The molecule has 0 aromatic carbocycles. The van der Waals surface area contributed by atoms with Crippen LogP contribution in [-0.4, -0.2) is 36.3 Å². The summed E-state index contributed by atoms with van der Waals surface area (Å²) in [5.74, 6) is -0.334. The fourth-order valence-corrected chi connectivity index (χ4v) is 2.16. The lowest BCUT2D eigenvalue weighted by atomic mass is 9.94. The van der Waals surface area contributed by atoms with E-state index in [9.17, 15) is 4.79 Å². The normalized spacial score (nSPS) is 11.7. The van der Waals surface area contributed by atoms with Gasteiger partial charge in [-0.05, 0) is 31.2 Å². The van der Waals surface area contributed by atoms with Crippen molar-refractivity contribution in [1.82, 2.24) is 25.2 Å². The van der Waals surface area contributed by atoms with Crippen LogP contribution >= 0.6 is 11.3 Å². The predicted molar refractivity (Wildman–Crippen MR) is 65.1 cm³/mol. The Kier molecular flexibility index (Phi) is 3.12. The van der Waals surface area contributed by atoms with Crippen LogP contribution in [0.2, 0.25) is 0 Å². The van der Waals surface area contributed by atoms with E-state index >= 15 is 0 Å². The van der Waals surface area contributed by atoms with Crippen molar-refractivity contribution < 1.29 is 9.90 Å². The lowest BCUT2D eigenvalue weighted by Gasteiger charge is -2.18. The molecule has 0 saturated heterocycles. The third kappa shape index (κ3) is 2.37. The highest BCUT2D eigenvalue weighted by Gasteiger charge is 2.29. The zero-order chi connectivity index (χ0) is 13.3. The largest absolute Gasteiger partial charge is 0.481 e. The van der Waals surface area contributed by atoms with E-state index in [-0.39, 0.29) is 6.54 Å². The van der Waals surface area contributed by atoms with E-state index in [2.05, 4.69) is 20.5 Å². The zero-order valence-electron chi connectivity index (χ0n) is 10.3. The van der Waals surface area contributed by atoms with Crippen LogP contribution < -0.4 is 0 Å². The van der Waals surface area contributed by atoms with Crippen molar-refractivity contribution in [1.29, 1.82) is 0 Å². The van der Waals surface area contributed by atoms with Gasteiger partial charge in [0, 0.05) is 6.20 Å². The van der Waals surface area contributed by atoms with Gasteiger partial charge in [0.25, 0.3) is 0 Å². The Morgan fingerprint density at radius 2 is 2.28 bits per heavy atom. The molecule has 0 aliphatic rings. The second kappa shape index (κ2) is 4.45. The van der Waals surface area contributed by atoms with Crippen molar-refractivity contribution >= 4 is 17.3 Å². The maximum absolute atomic E-state index is 11.1. The van der Waals surface area contributed by atoms with Crippen molar-refractivity contribution in [2.75, 3.05) is 0 Å². The second-order valence-electron chi connectivity index (χ2n) is 4.59. The number of rotatable bonds is 4. The number of carbonyl (C=O) groups is 1. The number of hydrogen-bond acceptors (Lipinski definition) is 6. The molecule has 0 unspecified atom stereocenters. The van der Waals surface area contributed by atoms with E-state index in [1.807, 2.05) is 6.92 Å². The van der Waals surface area contributed by atoms with Crippen LogP contribution in [-0.2, 0) is 11.3 Å². The summed E-state index contributed by atoms with van der Waals surface area (Å²) in [5, 5.41) is 21.4. The summed E-state index contributed by atoms with van der Waals surface area (Å²) in [5.41, 5.74) is -0.927. The third-order valence-corrected chi connectivity index (χ3v) is 3.41. The maximum Gasteiger partial charge on any atom is 0.310 e. The van der Waals surface area contributed by atoms with Gasteiger partial charge >= 0.3 is 5.97 Å². The SMILES string of the molecule is Cc1ncc(-c2nnnn2CC(C)(C)C(=O)O)s1. The smallest absolute Gasteiger partial charge is 0.310 e. The highest BCUT2D eigenvalue weighted by Crippen LogP contribution is 2.25. The van der Waals surface area contributed by atoms with Crippen LogP contribution in [0.15, 0.2) is 6.20 Å². The number of aromatic nitrogens is 5. The average Bonchev–Trinajstić information content (AvgIpc) is 2.86. The fraction of sp³-hybridized carbons (Fsp3) is 0.500. The van der Waals surface area contributed by atoms with Crippen molar-refractivity contribution in [3.8, 4) is 10.7 Å². The van der Waals surface area contributed by atoms with E-state index in [0.29, 0.717) is 5.82 Å². The van der Waals surface area contributed by atoms with Crippen molar-refractivity contribution in [3.63, 3.8) is 0 Å². The molecular formula is C10H13N5O2S. The molecule has 0 aliphatic carbocycles. The van der Waals surface area contributed by atoms with Gasteiger partial charge in [-0.1, -0.05) is 0 Å². The number of carboxylic acids is 1. The lowest BCUT2D eigenvalue weighted by Crippen LogP contribution is -2.30. The van der Waals surface area contributed by atoms with E-state index in [0.717, 1.165) is 9.88 Å². The monoisotopic (exact) mass is 267 g/mol. The molecule has 0 radical (unpaired) electrons. The van der Waals surface area contributed by atoms with Crippen molar-refractivity contribution in [2.24, 2.45) is 5.41 Å². The van der Waals surface area contributed by atoms with Gasteiger partial charge in [0.1, 0.15) is 0 Å². The summed E-state index contributed by atoms with van der Waals surface area (Å²) < 4.78 is 1.50. The summed E-state index contributed by atoms with van der Waals surface area (Å²) in [6, 6.07) is 0. The Balaban J connectivity index is 2.32. The number of tetrazole rings is 1. The summed E-state index contributed by atoms with van der Waals surface area (Å²) in [6.07, 6.45) is 1.69. The van der Waals surface area contributed by atoms with Gasteiger partial charge in [0.05, 0.1) is 21.8 Å². The number of aliphatic carboxylic acids is 1. The third-order valence-electron chi connectivity index (χ3n) is 2.50. The Labute approximate surface area is 107 Å². The van der Waals surface area contributed by atoms with E-state index < -0.39 is 11.4 Å². The molecule has 1 N–H and O–H groups in total. The molecule has 8 heteroatoms. The maximum atomic E-state index is 11.1. The quantitative estimate of drug-likeness (QED) is 0.895. The molecule has 2 rings (SSSR count). The molecule has 2 aromatic rings. The Bertz CT molecular complexity index is 574. The van der Waals surface area contributed by atoms with Crippen LogP contribution in [0.4, 0.5) is 0 Å². The average molecular weight is 267 g/mol. The minimum absolute atomic E-state index is 0.210. The van der Waals surface area contributed by atoms with Gasteiger partial charge < -0.3 is 5.11 Å². The summed E-state index contributed by atoms with van der Waals surface area (Å²) >= 11 is 1.47. The van der Waals surface area contributed by atoms with Gasteiger partial charge in [-0.25, -0.2) is 9.67 Å². The van der Waals surface area contributed by atoms with Gasteiger partial charge in [-0.15, -0.1) is 16.4 Å². The number of hydrogen-bond donors (Lipinski definition) is 1. The highest BCUT2D eigenvalue weighted by molar-refractivity contribution is 7.14. The molecule has 2 heterocycles. The van der Waals surface area contributed by atoms with Crippen LogP contribution in [0.1, 0.15) is 18.9 Å². The Morgan fingerprint density at radius 3 is 2.83 bits per heavy atom. The summed E-state index contributed by atoms with van der Waals surface area (Å²) in [4.78, 5) is 16.1. The lowest BCUT2D eigenvalue weighted by molar-refractivity contribution is -0.147. The molecule has 0 aliphatic heterocycles. The van der Waals surface area contributed by atoms with E-state index in [1.165, 1.54) is 16.0 Å². The van der Waals surface area contributed by atoms with Crippen molar-refractivity contribution in [3.05, 3.63) is 11.2 Å². The molecule has 0 saturated carbocycles. The Hall–Kier alpha value is -1.83. The molecule has 96 valence electrons. The highest BCUT2D eigenvalue weighted by atomic mass is 32.1. The first-order valence-corrected chi connectivity index (χ1v) is 6.14. The molecule has 0 fully saturated rings. The van der Waals surface area contributed by atoms with Crippen LogP contribution in [0.3, 0.4) is 0 Å². The van der Waals surface area contributed by atoms with E-state index in [1.54, 1.807) is 20.0 Å². The molecule has 2 aromatic heterocycles.